The maximum atomic E-state index is 9.92. The van der Waals surface area contributed by atoms with Gasteiger partial charge in [0.25, 0.3) is 0 Å². The topological polar surface area (TPSA) is 35.5 Å². The zero-order chi connectivity index (χ0) is 7.70. The number of rotatable bonds is 2. The van der Waals surface area contributed by atoms with Gasteiger partial charge in [-0.25, -0.2) is 0 Å². The van der Waals surface area contributed by atoms with E-state index in [9.17, 15) is 4.57 Å². The summed E-state index contributed by atoms with van der Waals surface area (Å²) in [5, 5.41) is 0. The lowest BCUT2D eigenvalue weighted by Crippen LogP contribution is -1.66. The molecule has 0 bridgehead atoms. The fraction of sp³-hybridized carbons (Fsp3) is 0.600. The smallest absolute Gasteiger partial charge is 0.314 e. The first-order chi connectivity index (χ1) is 4.22. The molecule has 0 aromatic heterocycles. The van der Waals surface area contributed by atoms with Crippen LogP contribution in [0.25, 0.3) is 0 Å². The van der Waals surface area contributed by atoms with E-state index >= 15 is 0 Å². The molecule has 0 unspecified atom stereocenters. The van der Waals surface area contributed by atoms with Crippen molar-refractivity contribution in [1.82, 2.24) is 0 Å². The maximum Gasteiger partial charge on any atom is 0.318 e. The van der Waals surface area contributed by atoms with Crippen LogP contribution in [0.5, 0.6) is 0 Å². The minimum atomic E-state index is -2.12. The summed E-state index contributed by atoms with van der Waals surface area (Å²) in [5.74, 6) is 0. The van der Waals surface area contributed by atoms with Gasteiger partial charge in [0.05, 0.1) is 0 Å². The van der Waals surface area contributed by atoms with Gasteiger partial charge in [0.1, 0.15) is 0 Å². The molecule has 0 atom stereocenters. The van der Waals surface area contributed by atoms with Crippen molar-refractivity contribution in [1.29, 1.82) is 0 Å². The van der Waals surface area contributed by atoms with Gasteiger partial charge in [0.15, 0.2) is 0 Å². The Balaban J connectivity index is 0. The summed E-state index contributed by atoms with van der Waals surface area (Å²) >= 11 is 0. The second-order valence-corrected chi connectivity index (χ2v) is 2.38. The lowest BCUT2D eigenvalue weighted by atomic mass is 10.8. The van der Waals surface area contributed by atoms with Gasteiger partial charge in [-0.15, -0.1) is 6.58 Å². The molecule has 0 aromatic carbocycles. The lowest BCUT2D eigenvalue weighted by Gasteiger charge is -1.89. The first-order valence-electron chi connectivity index (χ1n) is 2.41. The van der Waals surface area contributed by atoms with E-state index in [0.29, 0.717) is 0 Å². The summed E-state index contributed by atoms with van der Waals surface area (Å²) in [6.45, 7) is 5.25. The Kier molecular flexibility index (Phi) is 14.0. The van der Waals surface area contributed by atoms with Gasteiger partial charge in [-0.2, -0.15) is 0 Å². The van der Waals surface area contributed by atoms with Gasteiger partial charge in [-0.1, -0.05) is 6.08 Å². The van der Waals surface area contributed by atoms with Crippen LogP contribution in [0, 0.1) is 0 Å². The Hall–Kier alpha value is -0.110. The molecule has 9 heavy (non-hydrogen) atoms. The Morgan fingerprint density at radius 2 is 1.67 bits per heavy atom. The molecule has 0 fully saturated rings. The van der Waals surface area contributed by atoms with Gasteiger partial charge in [-0.3, -0.25) is 4.57 Å². The van der Waals surface area contributed by atoms with Crippen LogP contribution in [0.3, 0.4) is 0 Å². The average Bonchev–Trinajstić information content (AvgIpc) is 1.88. The third-order valence-corrected chi connectivity index (χ3v) is 1.00. The first-order valence-corrected chi connectivity index (χ1v) is 3.64. The quantitative estimate of drug-likeness (QED) is 0.447. The van der Waals surface area contributed by atoms with Gasteiger partial charge in [-0.05, 0) is 6.92 Å². The van der Waals surface area contributed by atoms with Crippen LogP contribution in [0.2, 0.25) is 0 Å². The van der Waals surface area contributed by atoms with Crippen LogP contribution in [0.15, 0.2) is 12.7 Å². The summed E-state index contributed by atoms with van der Waals surface area (Å²) in [4.78, 5) is 0. The van der Waals surface area contributed by atoms with Crippen LogP contribution < -0.4 is 0 Å². The molecule has 0 saturated carbocycles. The standard InChI is InChI=1S/C3H6.C2H7O3P/c1-3-2;1-4-6(3)5-2/h3H,1H2,2H3;6H,1-2H3. The predicted molar refractivity (Wildman–Crippen MR) is 38.9 cm³/mol. The van der Waals surface area contributed by atoms with Crippen molar-refractivity contribution in [2.75, 3.05) is 14.2 Å². The summed E-state index contributed by atoms with van der Waals surface area (Å²) in [5.41, 5.74) is 0. The molecule has 0 aliphatic heterocycles. The molecule has 0 heterocycles. The highest BCUT2D eigenvalue weighted by atomic mass is 31.1. The fourth-order valence-corrected chi connectivity index (χ4v) is 0.250. The second kappa shape index (κ2) is 10.8. The van der Waals surface area contributed by atoms with Crippen molar-refractivity contribution in [2.45, 2.75) is 6.92 Å². The highest BCUT2D eigenvalue weighted by Gasteiger charge is 1.83. The Bertz CT molecular complexity index is 76.3. The molecule has 0 aliphatic rings. The van der Waals surface area contributed by atoms with Crippen LogP contribution in [0.4, 0.5) is 0 Å². The van der Waals surface area contributed by atoms with Gasteiger partial charge in [0.2, 0.25) is 0 Å². The minimum Gasteiger partial charge on any atom is -0.314 e. The van der Waals surface area contributed by atoms with Crippen molar-refractivity contribution in [3.05, 3.63) is 12.7 Å². The molecular weight excluding hydrogens is 139 g/mol. The SMILES string of the molecule is C=CC.CO[PH](=O)OC. The van der Waals surface area contributed by atoms with Crippen LogP contribution in [-0.4, -0.2) is 14.2 Å². The fourth-order valence-electron chi connectivity index (χ4n) is 0.0833. The number of allylic oxidation sites excluding steroid dienone is 1. The molecule has 4 heteroatoms. The van der Waals surface area contributed by atoms with Crippen LogP contribution in [0.1, 0.15) is 6.92 Å². The molecule has 0 saturated heterocycles. The highest BCUT2D eigenvalue weighted by molar-refractivity contribution is 7.33. The van der Waals surface area contributed by atoms with Crippen molar-refractivity contribution < 1.29 is 13.6 Å². The van der Waals surface area contributed by atoms with Crippen molar-refractivity contribution in [2.24, 2.45) is 0 Å². The zero-order valence-electron chi connectivity index (χ0n) is 6.01. The van der Waals surface area contributed by atoms with E-state index in [1.54, 1.807) is 6.08 Å². The van der Waals surface area contributed by atoms with Crippen LogP contribution in [-0.2, 0) is 13.6 Å². The number of hydrogen-bond donors (Lipinski definition) is 0. The van der Waals surface area contributed by atoms with E-state index < -0.39 is 8.25 Å². The summed E-state index contributed by atoms with van der Waals surface area (Å²) < 4.78 is 18.4. The monoisotopic (exact) mass is 152 g/mol. The molecular formula is C5H13O3P. The Morgan fingerprint density at radius 1 is 1.44 bits per heavy atom. The molecule has 0 N–H and O–H groups in total. The minimum absolute atomic E-state index is 1.34. The van der Waals surface area contributed by atoms with E-state index in [1.165, 1.54) is 14.2 Å². The van der Waals surface area contributed by atoms with Crippen molar-refractivity contribution >= 4 is 8.25 Å². The van der Waals surface area contributed by atoms with E-state index in [0.717, 1.165) is 0 Å². The summed E-state index contributed by atoms with van der Waals surface area (Å²) in [6.07, 6.45) is 1.75. The summed E-state index contributed by atoms with van der Waals surface area (Å²) in [7, 11) is 0.558. The molecule has 56 valence electrons. The molecule has 0 amide bonds. The van der Waals surface area contributed by atoms with Crippen molar-refractivity contribution in [3.8, 4) is 0 Å². The largest absolute Gasteiger partial charge is 0.318 e. The average molecular weight is 152 g/mol. The molecule has 0 spiro atoms. The van der Waals surface area contributed by atoms with Gasteiger partial charge in [0, 0.05) is 14.2 Å². The molecule has 3 nitrogen and oxygen atoms in total. The molecule has 0 aliphatic carbocycles. The Morgan fingerprint density at radius 3 is 1.67 bits per heavy atom. The van der Waals surface area contributed by atoms with Gasteiger partial charge < -0.3 is 9.05 Å². The first kappa shape index (κ1) is 11.7. The van der Waals surface area contributed by atoms with Crippen molar-refractivity contribution in [3.63, 3.8) is 0 Å². The number of hydrogen-bond acceptors (Lipinski definition) is 3. The van der Waals surface area contributed by atoms with Gasteiger partial charge >= 0.3 is 8.25 Å². The highest BCUT2D eigenvalue weighted by Crippen LogP contribution is 2.18. The van der Waals surface area contributed by atoms with Crippen LogP contribution >= 0.6 is 8.25 Å². The third kappa shape index (κ3) is 18.1. The zero-order valence-corrected chi connectivity index (χ0v) is 7.01. The van der Waals surface area contributed by atoms with E-state index in [1.807, 2.05) is 6.92 Å². The predicted octanol–water partition coefficient (Wildman–Crippen LogP) is 1.86. The molecule has 0 aromatic rings. The maximum absolute atomic E-state index is 9.92. The van der Waals surface area contributed by atoms with E-state index in [2.05, 4.69) is 15.6 Å². The molecule has 0 rings (SSSR count). The van der Waals surface area contributed by atoms with E-state index in [-0.39, 0.29) is 0 Å². The van der Waals surface area contributed by atoms with E-state index in [4.69, 9.17) is 0 Å². The molecule has 0 radical (unpaired) electrons. The third-order valence-electron chi connectivity index (χ3n) is 0.333. The summed E-state index contributed by atoms with van der Waals surface area (Å²) in [6, 6.07) is 0. The second-order valence-electron chi connectivity index (χ2n) is 1.07. The lowest BCUT2D eigenvalue weighted by molar-refractivity contribution is 0.302. The normalized spacial score (nSPS) is 8.00. The Labute approximate surface area is 56.6 Å².